The number of esters is 2. The van der Waals surface area contributed by atoms with Crippen molar-refractivity contribution >= 4 is 23.4 Å². The van der Waals surface area contributed by atoms with Gasteiger partial charge in [-0.05, 0) is 31.2 Å². The van der Waals surface area contributed by atoms with Crippen LogP contribution in [0, 0.1) is 22.0 Å². The van der Waals surface area contributed by atoms with E-state index < -0.39 is 40.4 Å². The number of hydrogen-bond donors (Lipinski definition) is 0. The van der Waals surface area contributed by atoms with Crippen LogP contribution in [0.1, 0.15) is 24.0 Å². The number of benzene rings is 2. The Balaban J connectivity index is 1.82. The molecule has 0 saturated carbocycles. The number of nitro groups is 1. The van der Waals surface area contributed by atoms with Gasteiger partial charge in [-0.25, -0.2) is 0 Å². The van der Waals surface area contributed by atoms with E-state index in [1.807, 2.05) is 42.3 Å². The van der Waals surface area contributed by atoms with Crippen LogP contribution in [-0.4, -0.2) is 54.9 Å². The summed E-state index contributed by atoms with van der Waals surface area (Å²) in [5.41, 5.74) is 1.64. The van der Waals surface area contributed by atoms with E-state index in [1.54, 1.807) is 13.0 Å². The van der Waals surface area contributed by atoms with Crippen LogP contribution in [0.4, 0.5) is 5.69 Å². The smallest absolute Gasteiger partial charge is 0.317 e. The second-order valence-electron chi connectivity index (χ2n) is 8.54. The third-order valence-corrected chi connectivity index (χ3v) is 6.07. The van der Waals surface area contributed by atoms with E-state index in [9.17, 15) is 24.5 Å². The van der Waals surface area contributed by atoms with Gasteiger partial charge < -0.3 is 9.47 Å². The zero-order valence-electron chi connectivity index (χ0n) is 19.9. The highest BCUT2D eigenvalue weighted by Gasteiger charge is 2.48. The molecule has 0 N–H and O–H groups in total. The molecular weight excluding hydrogens is 452 g/mol. The fraction of sp³-hybridized carbons (Fsp3) is 0.346. The van der Waals surface area contributed by atoms with Crippen molar-refractivity contribution in [3.63, 3.8) is 0 Å². The normalized spacial score (nSPS) is 19.7. The van der Waals surface area contributed by atoms with Crippen LogP contribution in [0.15, 0.2) is 66.2 Å². The average Bonchev–Trinajstić information content (AvgIpc) is 2.83. The van der Waals surface area contributed by atoms with Gasteiger partial charge >= 0.3 is 11.9 Å². The van der Waals surface area contributed by atoms with Gasteiger partial charge in [0.1, 0.15) is 12.5 Å². The molecule has 2 aromatic rings. The minimum absolute atomic E-state index is 0.0409. The summed E-state index contributed by atoms with van der Waals surface area (Å²) < 4.78 is 10.4. The maximum Gasteiger partial charge on any atom is 0.317 e. The molecule has 0 bridgehead atoms. The molecule has 3 unspecified atom stereocenters. The van der Waals surface area contributed by atoms with Gasteiger partial charge in [-0.3, -0.25) is 29.4 Å². The first-order valence-electron chi connectivity index (χ1n) is 11.2. The summed E-state index contributed by atoms with van der Waals surface area (Å²) in [6.45, 7) is 2.73. The average molecular weight is 481 g/mol. The lowest BCUT2D eigenvalue weighted by atomic mass is 9.68. The zero-order chi connectivity index (χ0) is 25.5. The molecule has 9 nitrogen and oxygen atoms in total. The molecule has 184 valence electrons. The summed E-state index contributed by atoms with van der Waals surface area (Å²) in [5, 5.41) is 11.3. The van der Waals surface area contributed by atoms with Crippen LogP contribution in [0.2, 0.25) is 0 Å². The zero-order valence-corrected chi connectivity index (χ0v) is 19.9. The first-order chi connectivity index (χ1) is 16.7. The van der Waals surface area contributed by atoms with E-state index in [0.717, 1.165) is 5.56 Å². The summed E-state index contributed by atoms with van der Waals surface area (Å²) in [6, 6.07) is 15.4. The van der Waals surface area contributed by atoms with Gasteiger partial charge in [0.15, 0.2) is 5.78 Å². The number of carbonyl (C=O) groups is 3. The third-order valence-electron chi connectivity index (χ3n) is 6.07. The predicted octanol–water partition coefficient (Wildman–Crippen LogP) is 3.29. The number of hydrogen-bond acceptors (Lipinski definition) is 8. The van der Waals surface area contributed by atoms with Crippen molar-refractivity contribution in [1.29, 1.82) is 0 Å². The quantitative estimate of drug-likeness (QED) is 0.232. The Hall–Kier alpha value is -3.85. The highest BCUT2D eigenvalue weighted by Crippen LogP contribution is 2.42. The van der Waals surface area contributed by atoms with Crippen molar-refractivity contribution < 1.29 is 28.8 Å². The largest absolute Gasteiger partial charge is 0.469 e. The second-order valence-corrected chi connectivity index (χ2v) is 8.54. The van der Waals surface area contributed by atoms with Crippen LogP contribution in [0.3, 0.4) is 0 Å². The molecule has 0 fully saturated rings. The molecule has 1 aliphatic carbocycles. The Kier molecular flexibility index (Phi) is 8.48. The number of ether oxygens (including phenoxy) is 2. The van der Waals surface area contributed by atoms with E-state index in [2.05, 4.69) is 0 Å². The summed E-state index contributed by atoms with van der Waals surface area (Å²) in [6.07, 6.45) is 1.25. The summed E-state index contributed by atoms with van der Waals surface area (Å²) >= 11 is 0. The Labute approximate surface area is 203 Å². The number of methoxy groups -OCH3 is 1. The number of allylic oxidation sites excluding steroid dienone is 1. The molecule has 35 heavy (non-hydrogen) atoms. The van der Waals surface area contributed by atoms with Gasteiger partial charge in [-0.15, -0.1) is 0 Å². The van der Waals surface area contributed by atoms with Gasteiger partial charge in [-0.2, -0.15) is 0 Å². The summed E-state index contributed by atoms with van der Waals surface area (Å²) in [4.78, 5) is 51.5. The van der Waals surface area contributed by atoms with Crippen LogP contribution in [-0.2, 0) is 30.4 Å². The SMILES string of the molecule is COC(=O)C1C(C)=CC(=O)C(C(=O)OCCN(C)Cc2ccccc2)C1c1cccc([N+](=O)[O-])c1. The van der Waals surface area contributed by atoms with E-state index in [1.165, 1.54) is 31.4 Å². The minimum Gasteiger partial charge on any atom is -0.469 e. The maximum atomic E-state index is 13.1. The number of nitrogens with zero attached hydrogens (tertiary/aromatic N) is 2. The van der Waals surface area contributed by atoms with E-state index in [-0.39, 0.29) is 12.3 Å². The molecule has 0 radical (unpaired) electrons. The van der Waals surface area contributed by atoms with Crippen molar-refractivity contribution in [2.24, 2.45) is 11.8 Å². The van der Waals surface area contributed by atoms with Crippen LogP contribution < -0.4 is 0 Å². The van der Waals surface area contributed by atoms with E-state index in [4.69, 9.17) is 9.47 Å². The lowest BCUT2D eigenvalue weighted by Gasteiger charge is -2.34. The van der Waals surface area contributed by atoms with Gasteiger partial charge in [0.05, 0.1) is 18.0 Å². The Bertz CT molecular complexity index is 1130. The molecular formula is C26H28N2O7. The molecule has 0 amide bonds. The highest BCUT2D eigenvalue weighted by molar-refractivity contribution is 6.08. The topological polar surface area (TPSA) is 116 Å². The van der Waals surface area contributed by atoms with Crippen molar-refractivity contribution in [3.05, 3.63) is 87.5 Å². The molecule has 3 atom stereocenters. The summed E-state index contributed by atoms with van der Waals surface area (Å²) in [5.74, 6) is -5.21. The standard InChI is InChI=1S/C26H28N2O7/c1-17-14-21(29)24(26(31)35-13-12-27(2)16-18-8-5-4-6-9-18)23(22(17)25(30)34-3)19-10-7-11-20(15-19)28(32)33/h4-11,14-15,22-24H,12-13,16H2,1-3H3. The van der Waals surface area contributed by atoms with Gasteiger partial charge in [0.25, 0.3) is 5.69 Å². The van der Waals surface area contributed by atoms with Crippen LogP contribution in [0.5, 0.6) is 0 Å². The molecule has 0 saturated heterocycles. The van der Waals surface area contributed by atoms with Crippen molar-refractivity contribution in [1.82, 2.24) is 4.90 Å². The first-order valence-corrected chi connectivity index (χ1v) is 11.2. The Morgan fingerprint density at radius 3 is 2.43 bits per heavy atom. The first kappa shape index (κ1) is 25.8. The Morgan fingerprint density at radius 2 is 1.77 bits per heavy atom. The van der Waals surface area contributed by atoms with Crippen molar-refractivity contribution in [2.75, 3.05) is 27.3 Å². The second kappa shape index (κ2) is 11.5. The van der Waals surface area contributed by atoms with Gasteiger partial charge in [0, 0.05) is 31.1 Å². The Morgan fingerprint density at radius 1 is 1.06 bits per heavy atom. The molecule has 1 aliphatic rings. The molecule has 0 aromatic heterocycles. The molecule has 2 aromatic carbocycles. The monoisotopic (exact) mass is 480 g/mol. The lowest BCUT2D eigenvalue weighted by Crippen LogP contribution is -2.42. The number of nitro benzene ring substituents is 1. The third kappa shape index (κ3) is 6.19. The number of non-ortho nitro benzene ring substituents is 1. The van der Waals surface area contributed by atoms with Crippen molar-refractivity contribution in [2.45, 2.75) is 19.4 Å². The van der Waals surface area contributed by atoms with E-state index in [0.29, 0.717) is 24.2 Å². The molecule has 0 spiro atoms. The molecule has 3 rings (SSSR count). The number of rotatable bonds is 9. The highest BCUT2D eigenvalue weighted by atomic mass is 16.6. The van der Waals surface area contributed by atoms with Crippen LogP contribution in [0.25, 0.3) is 0 Å². The predicted molar refractivity (Wildman–Crippen MR) is 127 cm³/mol. The minimum atomic E-state index is -1.33. The van der Waals surface area contributed by atoms with Gasteiger partial charge in [-0.1, -0.05) is 48.0 Å². The fourth-order valence-corrected chi connectivity index (χ4v) is 4.38. The van der Waals surface area contributed by atoms with Crippen molar-refractivity contribution in [3.8, 4) is 0 Å². The molecule has 0 aliphatic heterocycles. The summed E-state index contributed by atoms with van der Waals surface area (Å²) in [7, 11) is 3.10. The number of ketones is 1. The maximum absolute atomic E-state index is 13.1. The number of carbonyl (C=O) groups excluding carboxylic acids is 3. The molecule has 9 heteroatoms. The van der Waals surface area contributed by atoms with E-state index >= 15 is 0 Å². The van der Waals surface area contributed by atoms with Gasteiger partial charge in [0.2, 0.25) is 0 Å². The van der Waals surface area contributed by atoms with Crippen LogP contribution >= 0.6 is 0 Å². The fourth-order valence-electron chi connectivity index (χ4n) is 4.38. The molecule has 0 heterocycles. The number of likely N-dealkylation sites (N-methyl/N-ethyl adjacent to an activating group) is 1. The lowest BCUT2D eigenvalue weighted by molar-refractivity contribution is -0.384.